The van der Waals surface area contributed by atoms with E-state index in [1.165, 1.54) is 4.90 Å². The Labute approximate surface area is 118 Å². The van der Waals surface area contributed by atoms with Gasteiger partial charge in [0.1, 0.15) is 0 Å². The Kier molecular flexibility index (Phi) is 2.74. The van der Waals surface area contributed by atoms with E-state index < -0.39 is 11.7 Å². The van der Waals surface area contributed by atoms with Crippen LogP contribution in [-0.2, 0) is 18.4 Å². The van der Waals surface area contributed by atoms with Gasteiger partial charge in [-0.05, 0) is 18.2 Å². The third kappa shape index (κ3) is 1.98. The highest BCUT2D eigenvalue weighted by atomic mass is 79.9. The third-order valence-electron chi connectivity index (χ3n) is 3.03. The van der Waals surface area contributed by atoms with Gasteiger partial charge in [0.15, 0.2) is 0 Å². The summed E-state index contributed by atoms with van der Waals surface area (Å²) in [5, 5.41) is 4.06. The fraction of sp³-hybridized carbons (Fsp3) is 0.154. The summed E-state index contributed by atoms with van der Waals surface area (Å²) in [7, 11) is 1.81. The van der Waals surface area contributed by atoms with E-state index in [1.807, 2.05) is 19.3 Å². The zero-order valence-corrected chi connectivity index (χ0v) is 11.7. The Bertz CT molecular complexity index is 693. The van der Waals surface area contributed by atoms with E-state index in [2.05, 4.69) is 21.0 Å². The van der Waals surface area contributed by atoms with Crippen LogP contribution in [0.1, 0.15) is 15.9 Å². The average molecular weight is 320 g/mol. The van der Waals surface area contributed by atoms with Gasteiger partial charge in [0.25, 0.3) is 11.7 Å². The van der Waals surface area contributed by atoms with Crippen molar-refractivity contribution in [1.82, 2.24) is 9.78 Å². The SMILES string of the molecule is Cn1cc(CN2C(=O)C(=O)c3cc(Br)ccc32)cn1. The number of carbonyl (C=O) groups is 2. The molecule has 3 rings (SSSR count). The highest BCUT2D eigenvalue weighted by Gasteiger charge is 2.35. The van der Waals surface area contributed by atoms with Crippen molar-refractivity contribution in [3.05, 3.63) is 46.2 Å². The summed E-state index contributed by atoms with van der Waals surface area (Å²) in [6, 6.07) is 5.28. The van der Waals surface area contributed by atoms with Crippen molar-refractivity contribution in [1.29, 1.82) is 0 Å². The van der Waals surface area contributed by atoms with Crippen molar-refractivity contribution >= 4 is 33.3 Å². The minimum atomic E-state index is -0.489. The molecule has 0 radical (unpaired) electrons. The number of rotatable bonds is 2. The van der Waals surface area contributed by atoms with Crippen LogP contribution in [0.4, 0.5) is 5.69 Å². The number of nitrogens with zero attached hydrogens (tertiary/aromatic N) is 3. The molecule has 19 heavy (non-hydrogen) atoms. The molecule has 0 spiro atoms. The minimum Gasteiger partial charge on any atom is -0.300 e. The Hall–Kier alpha value is -1.95. The maximum Gasteiger partial charge on any atom is 0.299 e. The standard InChI is InChI=1S/C13H10BrN3O2/c1-16-6-8(5-15-16)7-17-11-3-2-9(14)4-10(11)12(18)13(17)19/h2-6H,7H2,1H3. The minimum absolute atomic E-state index is 0.354. The Morgan fingerprint density at radius 1 is 1.32 bits per heavy atom. The lowest BCUT2D eigenvalue weighted by atomic mass is 10.1. The number of aromatic nitrogens is 2. The summed E-state index contributed by atoms with van der Waals surface area (Å²) in [6.45, 7) is 0.354. The average Bonchev–Trinajstić information content (AvgIpc) is 2.88. The molecule has 0 unspecified atom stereocenters. The number of benzene rings is 1. The number of aryl methyl sites for hydroxylation is 1. The Balaban J connectivity index is 1.99. The van der Waals surface area contributed by atoms with Gasteiger partial charge in [-0.15, -0.1) is 0 Å². The molecule has 2 aromatic rings. The van der Waals surface area contributed by atoms with Crippen molar-refractivity contribution in [2.45, 2.75) is 6.54 Å². The lowest BCUT2D eigenvalue weighted by Crippen LogP contribution is -2.28. The van der Waals surface area contributed by atoms with Crippen LogP contribution in [-0.4, -0.2) is 21.5 Å². The number of Topliss-reactive ketones (excluding diaryl/α,β-unsaturated/α-hetero) is 1. The van der Waals surface area contributed by atoms with Gasteiger partial charge < -0.3 is 4.90 Å². The summed E-state index contributed by atoms with van der Waals surface area (Å²) in [4.78, 5) is 25.4. The second-order valence-corrected chi connectivity index (χ2v) is 5.32. The van der Waals surface area contributed by atoms with Crippen molar-refractivity contribution in [2.24, 2.45) is 7.05 Å². The number of halogens is 1. The molecule has 5 nitrogen and oxygen atoms in total. The molecule has 1 aromatic carbocycles. The number of carbonyl (C=O) groups excluding carboxylic acids is 2. The first kappa shape index (κ1) is 12.1. The quantitative estimate of drug-likeness (QED) is 0.794. The summed E-state index contributed by atoms with van der Waals surface area (Å²) >= 11 is 3.31. The van der Waals surface area contributed by atoms with Crippen LogP contribution in [0, 0.1) is 0 Å². The molecule has 0 aliphatic carbocycles. The molecule has 6 heteroatoms. The second-order valence-electron chi connectivity index (χ2n) is 4.40. The zero-order valence-electron chi connectivity index (χ0n) is 10.1. The van der Waals surface area contributed by atoms with Crippen molar-refractivity contribution in [2.75, 3.05) is 4.90 Å². The predicted molar refractivity (Wildman–Crippen MR) is 72.9 cm³/mol. The summed E-state index contributed by atoms with van der Waals surface area (Å²) < 4.78 is 2.45. The van der Waals surface area contributed by atoms with E-state index in [1.54, 1.807) is 23.0 Å². The third-order valence-corrected chi connectivity index (χ3v) is 3.53. The molecule has 1 aliphatic rings. The van der Waals surface area contributed by atoms with Crippen LogP contribution >= 0.6 is 15.9 Å². The zero-order chi connectivity index (χ0) is 13.6. The van der Waals surface area contributed by atoms with Crippen LogP contribution in [0.25, 0.3) is 0 Å². The van der Waals surface area contributed by atoms with Gasteiger partial charge in [0.2, 0.25) is 0 Å². The Morgan fingerprint density at radius 2 is 2.11 bits per heavy atom. The summed E-state index contributed by atoms with van der Waals surface area (Å²) in [5.41, 5.74) is 1.99. The van der Waals surface area contributed by atoms with Crippen LogP contribution in [0.2, 0.25) is 0 Å². The van der Waals surface area contributed by atoms with E-state index in [0.29, 0.717) is 17.8 Å². The van der Waals surface area contributed by atoms with Crippen LogP contribution < -0.4 is 4.90 Å². The van der Waals surface area contributed by atoms with Gasteiger partial charge in [0, 0.05) is 23.3 Å². The molecule has 2 heterocycles. The number of anilines is 1. The Morgan fingerprint density at radius 3 is 2.79 bits per heavy atom. The van der Waals surface area contributed by atoms with Gasteiger partial charge in [-0.3, -0.25) is 14.3 Å². The van der Waals surface area contributed by atoms with Gasteiger partial charge in [-0.25, -0.2) is 0 Å². The molecule has 0 atom stereocenters. The van der Waals surface area contributed by atoms with E-state index in [-0.39, 0.29) is 0 Å². The normalized spacial score (nSPS) is 14.1. The highest BCUT2D eigenvalue weighted by molar-refractivity contribution is 9.10. The van der Waals surface area contributed by atoms with E-state index in [0.717, 1.165) is 10.0 Å². The number of fused-ring (bicyclic) bond motifs is 1. The van der Waals surface area contributed by atoms with Gasteiger partial charge in [0.05, 0.1) is 24.0 Å². The summed E-state index contributed by atoms with van der Waals surface area (Å²) in [6.07, 6.45) is 3.52. The molecule has 0 saturated heterocycles. The van der Waals surface area contributed by atoms with Gasteiger partial charge in [-0.1, -0.05) is 15.9 Å². The van der Waals surface area contributed by atoms with Crippen LogP contribution in [0.15, 0.2) is 35.1 Å². The lowest BCUT2D eigenvalue weighted by Gasteiger charge is -2.15. The van der Waals surface area contributed by atoms with Gasteiger partial charge >= 0.3 is 0 Å². The lowest BCUT2D eigenvalue weighted by molar-refractivity contribution is -0.114. The first-order valence-corrected chi connectivity index (χ1v) is 6.49. The van der Waals surface area contributed by atoms with Crippen molar-refractivity contribution in [3.63, 3.8) is 0 Å². The molecule has 1 amide bonds. The van der Waals surface area contributed by atoms with Gasteiger partial charge in [-0.2, -0.15) is 5.10 Å². The fourth-order valence-electron chi connectivity index (χ4n) is 2.17. The predicted octanol–water partition coefficient (Wildman–Crippen LogP) is 1.91. The topological polar surface area (TPSA) is 55.2 Å². The first-order chi connectivity index (χ1) is 9.06. The van der Waals surface area contributed by atoms with Crippen LogP contribution in [0.5, 0.6) is 0 Å². The van der Waals surface area contributed by atoms with E-state index in [9.17, 15) is 9.59 Å². The number of amides is 1. The molecule has 0 bridgehead atoms. The number of hydrogen-bond acceptors (Lipinski definition) is 3. The van der Waals surface area contributed by atoms with E-state index in [4.69, 9.17) is 0 Å². The molecule has 0 saturated carbocycles. The molecular formula is C13H10BrN3O2. The number of hydrogen-bond donors (Lipinski definition) is 0. The molecule has 0 N–H and O–H groups in total. The monoisotopic (exact) mass is 319 g/mol. The largest absolute Gasteiger partial charge is 0.300 e. The van der Waals surface area contributed by atoms with Crippen LogP contribution in [0.3, 0.4) is 0 Å². The second kappa shape index (κ2) is 4.31. The van der Waals surface area contributed by atoms with E-state index >= 15 is 0 Å². The fourth-order valence-corrected chi connectivity index (χ4v) is 2.53. The number of ketones is 1. The van der Waals surface area contributed by atoms with Crippen molar-refractivity contribution in [3.8, 4) is 0 Å². The highest BCUT2D eigenvalue weighted by Crippen LogP contribution is 2.32. The molecule has 96 valence electrons. The maximum atomic E-state index is 12.0. The molecule has 1 aliphatic heterocycles. The molecular weight excluding hydrogens is 310 g/mol. The smallest absolute Gasteiger partial charge is 0.299 e. The molecule has 1 aromatic heterocycles. The summed E-state index contributed by atoms with van der Waals surface area (Å²) in [5.74, 6) is -0.947. The molecule has 0 fully saturated rings. The first-order valence-electron chi connectivity index (χ1n) is 5.69. The maximum absolute atomic E-state index is 12.0. The van der Waals surface area contributed by atoms with Crippen molar-refractivity contribution < 1.29 is 9.59 Å².